The van der Waals surface area contributed by atoms with Gasteiger partial charge in [-0.2, -0.15) is 0 Å². The van der Waals surface area contributed by atoms with Gasteiger partial charge in [0, 0.05) is 44.2 Å². The lowest BCUT2D eigenvalue weighted by Crippen LogP contribution is -2.50. The predicted octanol–water partition coefficient (Wildman–Crippen LogP) is 5.22. The van der Waals surface area contributed by atoms with Crippen LogP contribution >= 0.6 is 0 Å². The number of hydrogen-bond acceptors (Lipinski definition) is 4. The van der Waals surface area contributed by atoms with Crippen molar-refractivity contribution in [3.63, 3.8) is 0 Å². The van der Waals surface area contributed by atoms with Crippen LogP contribution in [-0.2, 0) is 9.59 Å². The maximum atomic E-state index is 14.1. The summed E-state index contributed by atoms with van der Waals surface area (Å²) in [6.45, 7) is 4.72. The van der Waals surface area contributed by atoms with Crippen LogP contribution in [0.5, 0.6) is 0 Å². The molecule has 0 bridgehead atoms. The Morgan fingerprint density at radius 2 is 1.56 bits per heavy atom. The van der Waals surface area contributed by atoms with E-state index >= 15 is 0 Å². The SMILES string of the molecule is O=C(/C=C/c1ccc(F)cc1)NC[C@@H]1CCN(CC(c2ccccc2)c2ccccc2)C(=O)[C@H](CCN2CCCCC2)N1. The predicted molar refractivity (Wildman–Crippen MR) is 170 cm³/mol. The van der Waals surface area contributed by atoms with Gasteiger partial charge in [-0.25, -0.2) is 4.39 Å². The van der Waals surface area contributed by atoms with E-state index in [2.05, 4.69) is 64.1 Å². The van der Waals surface area contributed by atoms with Crippen molar-refractivity contribution >= 4 is 17.9 Å². The topological polar surface area (TPSA) is 64.7 Å². The minimum atomic E-state index is -0.312. The van der Waals surface area contributed by atoms with Crippen LogP contribution in [0.15, 0.2) is 91.0 Å². The van der Waals surface area contributed by atoms with Gasteiger partial charge in [0.25, 0.3) is 0 Å². The molecule has 7 heteroatoms. The summed E-state index contributed by atoms with van der Waals surface area (Å²) >= 11 is 0. The van der Waals surface area contributed by atoms with Gasteiger partial charge in [0.2, 0.25) is 11.8 Å². The molecule has 2 aliphatic heterocycles. The second-order valence-electron chi connectivity index (χ2n) is 11.7. The zero-order valence-electron chi connectivity index (χ0n) is 24.8. The molecule has 2 amide bonds. The van der Waals surface area contributed by atoms with Crippen LogP contribution in [0.3, 0.4) is 0 Å². The van der Waals surface area contributed by atoms with Gasteiger partial charge < -0.3 is 20.4 Å². The monoisotopic (exact) mass is 582 g/mol. The van der Waals surface area contributed by atoms with Crippen molar-refractivity contribution in [1.82, 2.24) is 20.4 Å². The largest absolute Gasteiger partial charge is 0.351 e. The number of carbonyl (C=O) groups is 2. The lowest BCUT2D eigenvalue weighted by molar-refractivity contribution is -0.133. The minimum Gasteiger partial charge on any atom is -0.351 e. The summed E-state index contributed by atoms with van der Waals surface area (Å²) in [6.07, 6.45) is 8.34. The summed E-state index contributed by atoms with van der Waals surface area (Å²) in [7, 11) is 0. The van der Waals surface area contributed by atoms with Crippen molar-refractivity contribution in [3.05, 3.63) is 114 Å². The molecule has 3 aromatic rings. The van der Waals surface area contributed by atoms with E-state index in [-0.39, 0.29) is 35.6 Å². The zero-order valence-corrected chi connectivity index (χ0v) is 24.8. The van der Waals surface area contributed by atoms with Crippen LogP contribution < -0.4 is 10.6 Å². The van der Waals surface area contributed by atoms with Crippen LogP contribution in [-0.4, -0.2) is 73.0 Å². The molecule has 226 valence electrons. The van der Waals surface area contributed by atoms with Crippen molar-refractivity contribution in [1.29, 1.82) is 0 Å². The number of hydrogen-bond donors (Lipinski definition) is 2. The van der Waals surface area contributed by atoms with Crippen LogP contribution in [0, 0.1) is 5.82 Å². The molecule has 2 atom stereocenters. The third-order valence-electron chi connectivity index (χ3n) is 8.60. The third kappa shape index (κ3) is 9.09. The van der Waals surface area contributed by atoms with Crippen molar-refractivity contribution in [2.45, 2.75) is 50.1 Å². The third-order valence-corrected chi connectivity index (χ3v) is 8.60. The number of nitrogens with one attached hydrogen (secondary N) is 2. The van der Waals surface area contributed by atoms with Gasteiger partial charge in [-0.05, 0) is 73.7 Å². The Morgan fingerprint density at radius 1 is 0.907 bits per heavy atom. The highest BCUT2D eigenvalue weighted by molar-refractivity contribution is 5.91. The fraction of sp³-hybridized carbons (Fsp3) is 0.389. The summed E-state index contributed by atoms with van der Waals surface area (Å²) in [5.74, 6) is -0.309. The van der Waals surface area contributed by atoms with E-state index in [1.807, 2.05) is 17.0 Å². The molecule has 0 spiro atoms. The minimum absolute atomic E-state index is 0.0321. The molecule has 6 nitrogen and oxygen atoms in total. The maximum Gasteiger partial charge on any atom is 0.244 e. The van der Waals surface area contributed by atoms with Crippen molar-refractivity contribution in [3.8, 4) is 0 Å². The lowest BCUT2D eigenvalue weighted by atomic mass is 9.90. The number of nitrogens with zero attached hydrogens (tertiary/aromatic N) is 2. The molecule has 5 rings (SSSR count). The molecule has 3 aromatic carbocycles. The van der Waals surface area contributed by atoms with E-state index < -0.39 is 0 Å². The first-order chi connectivity index (χ1) is 21.0. The van der Waals surface area contributed by atoms with Gasteiger partial charge in [-0.3, -0.25) is 9.59 Å². The molecule has 43 heavy (non-hydrogen) atoms. The Balaban J connectivity index is 1.28. The Morgan fingerprint density at radius 3 is 2.21 bits per heavy atom. The highest BCUT2D eigenvalue weighted by Gasteiger charge is 2.33. The van der Waals surface area contributed by atoms with Crippen molar-refractivity contribution in [2.75, 3.05) is 39.3 Å². The molecule has 0 aliphatic carbocycles. The quantitative estimate of drug-likeness (QED) is 0.304. The first kappa shape index (κ1) is 30.6. The normalized spacial score (nSPS) is 20.0. The highest BCUT2D eigenvalue weighted by atomic mass is 19.1. The molecule has 0 saturated carbocycles. The van der Waals surface area contributed by atoms with Crippen LogP contribution in [0.25, 0.3) is 6.08 Å². The second-order valence-corrected chi connectivity index (χ2v) is 11.7. The average Bonchev–Trinajstić information content (AvgIpc) is 3.20. The lowest BCUT2D eigenvalue weighted by Gasteiger charge is -2.31. The van der Waals surface area contributed by atoms with Crippen LogP contribution in [0.1, 0.15) is 54.7 Å². The molecule has 0 aromatic heterocycles. The maximum absolute atomic E-state index is 14.1. The van der Waals surface area contributed by atoms with E-state index in [1.165, 1.54) is 48.6 Å². The first-order valence-corrected chi connectivity index (χ1v) is 15.6. The molecule has 0 radical (unpaired) electrons. The van der Waals surface area contributed by atoms with Crippen molar-refractivity contribution < 1.29 is 14.0 Å². The second kappa shape index (κ2) is 15.6. The summed E-state index contributed by atoms with van der Waals surface area (Å²) in [5.41, 5.74) is 3.15. The van der Waals surface area contributed by atoms with E-state index in [0.717, 1.165) is 38.0 Å². The van der Waals surface area contributed by atoms with Gasteiger partial charge >= 0.3 is 0 Å². The van der Waals surface area contributed by atoms with Gasteiger partial charge in [-0.1, -0.05) is 79.2 Å². The number of carbonyl (C=O) groups excluding carboxylic acids is 2. The molecule has 2 fully saturated rings. The number of piperidine rings is 1. The number of rotatable bonds is 11. The molecule has 2 aliphatic rings. The standard InChI is InChI=1S/C36H43FN4O2/c37-31-17-14-28(15-18-31)16-19-35(42)38-26-32-20-25-41(36(43)34(39-32)21-24-40-22-8-3-9-23-40)27-33(29-10-4-1-5-11-29)30-12-6-2-7-13-30/h1-2,4-7,10-19,32-34,39H,3,8-9,20-27H2,(H,38,42)/b19-16+/t32-,34-/m0/s1. The Kier molecular flexibility index (Phi) is 11.1. The molecule has 2 heterocycles. The summed E-state index contributed by atoms with van der Waals surface area (Å²) in [5, 5.41) is 6.63. The molecular weight excluding hydrogens is 539 g/mol. The van der Waals surface area contributed by atoms with E-state index in [1.54, 1.807) is 18.2 Å². The number of halogens is 1. The van der Waals surface area contributed by atoms with Gasteiger partial charge in [0.15, 0.2) is 0 Å². The summed E-state index contributed by atoms with van der Waals surface area (Å²) in [6, 6.07) is 26.5. The van der Waals surface area contributed by atoms with Crippen LogP contribution in [0.2, 0.25) is 0 Å². The zero-order chi connectivity index (χ0) is 29.9. The van der Waals surface area contributed by atoms with Crippen molar-refractivity contribution in [2.24, 2.45) is 0 Å². The highest BCUT2D eigenvalue weighted by Crippen LogP contribution is 2.27. The number of amides is 2. The fourth-order valence-corrected chi connectivity index (χ4v) is 6.15. The number of benzene rings is 3. The Hall–Kier alpha value is -3.81. The molecule has 0 unspecified atom stereocenters. The molecular formula is C36H43FN4O2. The fourth-order valence-electron chi connectivity index (χ4n) is 6.15. The van der Waals surface area contributed by atoms with Crippen LogP contribution in [0.4, 0.5) is 4.39 Å². The smallest absolute Gasteiger partial charge is 0.244 e. The molecule has 2 saturated heterocycles. The molecule has 2 N–H and O–H groups in total. The average molecular weight is 583 g/mol. The van der Waals surface area contributed by atoms with E-state index in [9.17, 15) is 14.0 Å². The van der Waals surface area contributed by atoms with Gasteiger partial charge in [0.1, 0.15) is 5.82 Å². The van der Waals surface area contributed by atoms with Gasteiger partial charge in [-0.15, -0.1) is 0 Å². The first-order valence-electron chi connectivity index (χ1n) is 15.6. The Labute approximate surface area is 255 Å². The summed E-state index contributed by atoms with van der Waals surface area (Å²) in [4.78, 5) is 31.2. The summed E-state index contributed by atoms with van der Waals surface area (Å²) < 4.78 is 13.2. The number of likely N-dealkylation sites (tertiary alicyclic amines) is 1. The van der Waals surface area contributed by atoms with E-state index in [4.69, 9.17) is 0 Å². The van der Waals surface area contributed by atoms with Gasteiger partial charge in [0.05, 0.1) is 6.04 Å². The Bertz CT molecular complexity index is 1290. The van der Waals surface area contributed by atoms with E-state index in [0.29, 0.717) is 19.6 Å².